The van der Waals surface area contributed by atoms with Crippen LogP contribution in [0.2, 0.25) is 0 Å². The molecule has 0 aliphatic heterocycles. The van der Waals surface area contributed by atoms with E-state index in [0.717, 1.165) is 5.92 Å². The molecule has 0 aromatic heterocycles. The van der Waals surface area contributed by atoms with Gasteiger partial charge in [0.1, 0.15) is 0 Å². The third-order valence-corrected chi connectivity index (χ3v) is 2.07. The molecule has 1 unspecified atom stereocenters. The molecule has 0 fully saturated rings. The summed E-state index contributed by atoms with van der Waals surface area (Å²) in [6.07, 6.45) is 9.44. The minimum Gasteiger partial charge on any atom is -0.100 e. The van der Waals surface area contributed by atoms with E-state index in [-0.39, 0.29) is 0 Å². The summed E-state index contributed by atoms with van der Waals surface area (Å²) in [6.45, 7) is 10.4. The normalized spacial score (nSPS) is 13.6. The van der Waals surface area contributed by atoms with Gasteiger partial charge >= 0.3 is 0 Å². The van der Waals surface area contributed by atoms with E-state index in [2.05, 4.69) is 39.5 Å². The van der Waals surface area contributed by atoms with Crippen molar-refractivity contribution in [2.24, 2.45) is 5.92 Å². The van der Waals surface area contributed by atoms with Gasteiger partial charge in [0, 0.05) is 0 Å². The van der Waals surface area contributed by atoms with Crippen molar-refractivity contribution >= 4 is 0 Å². The second-order valence-electron chi connectivity index (χ2n) is 3.76. The highest BCUT2D eigenvalue weighted by atomic mass is 14.0. The number of allylic oxidation sites excluding steroid dienone is 3. The molecule has 0 aliphatic carbocycles. The molecule has 0 N–H and O–H groups in total. The molecule has 0 saturated heterocycles. The molecule has 0 aromatic rings. The Kier molecular flexibility index (Phi) is 6.84. The number of rotatable bonds is 6. The Bertz CT molecular complexity index is 142. The van der Waals surface area contributed by atoms with Crippen LogP contribution in [0.25, 0.3) is 0 Å². The van der Waals surface area contributed by atoms with Crippen molar-refractivity contribution in [1.29, 1.82) is 0 Å². The molecule has 0 bridgehead atoms. The van der Waals surface area contributed by atoms with E-state index in [1.807, 2.05) is 0 Å². The molecule has 0 spiro atoms. The summed E-state index contributed by atoms with van der Waals surface area (Å²) in [5, 5.41) is 0. The van der Waals surface area contributed by atoms with Crippen molar-refractivity contribution in [3.05, 3.63) is 24.3 Å². The lowest BCUT2D eigenvalue weighted by Crippen LogP contribution is -1.92. The highest BCUT2D eigenvalue weighted by Gasteiger charge is 1.98. The summed E-state index contributed by atoms with van der Waals surface area (Å²) in [4.78, 5) is 0. The topological polar surface area (TPSA) is 0 Å². The summed E-state index contributed by atoms with van der Waals surface area (Å²) in [6, 6.07) is 0. The lowest BCUT2D eigenvalue weighted by Gasteiger charge is -2.07. The smallest absolute Gasteiger partial charge is 0.0325 e. The van der Waals surface area contributed by atoms with Crippen molar-refractivity contribution in [3.63, 3.8) is 0 Å². The fourth-order valence-electron chi connectivity index (χ4n) is 1.24. The Morgan fingerprint density at radius 3 is 2.67 bits per heavy atom. The summed E-state index contributed by atoms with van der Waals surface area (Å²) in [5.74, 6) is 0.834. The van der Waals surface area contributed by atoms with E-state index in [0.29, 0.717) is 0 Å². The van der Waals surface area contributed by atoms with Crippen molar-refractivity contribution in [3.8, 4) is 0 Å². The maximum Gasteiger partial charge on any atom is -0.0325 e. The van der Waals surface area contributed by atoms with Crippen LogP contribution in [0.1, 0.15) is 46.5 Å². The molecule has 0 rings (SSSR count). The van der Waals surface area contributed by atoms with Gasteiger partial charge in [0.05, 0.1) is 0 Å². The first-order valence-electron chi connectivity index (χ1n) is 4.92. The lowest BCUT2D eigenvalue weighted by molar-refractivity contribution is 0.516. The Morgan fingerprint density at radius 1 is 1.50 bits per heavy atom. The number of hydrogen-bond donors (Lipinski definition) is 0. The summed E-state index contributed by atoms with van der Waals surface area (Å²) < 4.78 is 0. The zero-order chi connectivity index (χ0) is 9.40. The Hall–Kier alpha value is -0.520. The molecule has 0 amide bonds. The third-order valence-electron chi connectivity index (χ3n) is 2.07. The van der Waals surface area contributed by atoms with Crippen LogP contribution in [-0.2, 0) is 0 Å². The van der Waals surface area contributed by atoms with Crippen molar-refractivity contribution < 1.29 is 0 Å². The van der Waals surface area contributed by atoms with Gasteiger partial charge in [-0.2, -0.15) is 0 Å². The molecule has 12 heavy (non-hydrogen) atoms. The first-order chi connectivity index (χ1) is 5.66. The van der Waals surface area contributed by atoms with Gasteiger partial charge in [-0.25, -0.2) is 0 Å². The van der Waals surface area contributed by atoms with Crippen LogP contribution >= 0.6 is 0 Å². The van der Waals surface area contributed by atoms with Crippen molar-refractivity contribution in [2.75, 3.05) is 0 Å². The Morgan fingerprint density at radius 2 is 2.17 bits per heavy atom. The Balaban J connectivity index is 3.31. The maximum absolute atomic E-state index is 3.90. The quantitative estimate of drug-likeness (QED) is 0.515. The van der Waals surface area contributed by atoms with Gasteiger partial charge in [0.15, 0.2) is 0 Å². The second-order valence-corrected chi connectivity index (χ2v) is 3.76. The van der Waals surface area contributed by atoms with Gasteiger partial charge in [-0.1, -0.05) is 31.1 Å². The van der Waals surface area contributed by atoms with Gasteiger partial charge in [-0.15, -0.1) is 6.58 Å². The van der Waals surface area contributed by atoms with Crippen molar-refractivity contribution in [1.82, 2.24) is 0 Å². The van der Waals surface area contributed by atoms with Crippen LogP contribution in [0.4, 0.5) is 0 Å². The molecule has 0 aliphatic rings. The monoisotopic (exact) mass is 166 g/mol. The first-order valence-corrected chi connectivity index (χ1v) is 4.92. The summed E-state index contributed by atoms with van der Waals surface area (Å²) >= 11 is 0. The van der Waals surface area contributed by atoms with E-state index in [1.54, 1.807) is 0 Å². The average Bonchev–Trinajstić information content (AvgIpc) is 2.00. The predicted octanol–water partition coefficient (Wildman–Crippen LogP) is 4.34. The van der Waals surface area contributed by atoms with Crippen LogP contribution < -0.4 is 0 Å². The van der Waals surface area contributed by atoms with Crippen LogP contribution in [0.5, 0.6) is 0 Å². The average molecular weight is 166 g/mol. The summed E-state index contributed by atoms with van der Waals surface area (Å²) in [5.41, 5.74) is 1.31. The van der Waals surface area contributed by atoms with E-state index in [1.165, 1.54) is 31.3 Å². The molecule has 0 radical (unpaired) electrons. The molecule has 1 atom stereocenters. The highest BCUT2D eigenvalue weighted by molar-refractivity contribution is 4.87. The van der Waals surface area contributed by atoms with Gasteiger partial charge in [-0.05, 0) is 39.0 Å². The third kappa shape index (κ3) is 7.59. The molecule has 0 heterocycles. The van der Waals surface area contributed by atoms with E-state index in [9.17, 15) is 0 Å². The van der Waals surface area contributed by atoms with Gasteiger partial charge in [0.2, 0.25) is 0 Å². The number of hydrogen-bond acceptors (Lipinski definition) is 0. The van der Waals surface area contributed by atoms with Gasteiger partial charge < -0.3 is 0 Å². The van der Waals surface area contributed by atoms with Gasteiger partial charge in [-0.3, -0.25) is 0 Å². The van der Waals surface area contributed by atoms with Gasteiger partial charge in [0.25, 0.3) is 0 Å². The summed E-state index contributed by atoms with van der Waals surface area (Å²) in [7, 11) is 0. The van der Waals surface area contributed by atoms with E-state index >= 15 is 0 Å². The molecule has 0 heteroatoms. The molecule has 0 aromatic carbocycles. The SMILES string of the molecule is C=C(C)CCCC(C)C/C=C/C. The standard InChI is InChI=1S/C12H22/c1-5-6-9-12(4)10-7-8-11(2)3/h5-6,12H,2,7-10H2,1,3-4H3/b6-5+. The minimum atomic E-state index is 0.834. The van der Waals surface area contributed by atoms with Crippen LogP contribution in [-0.4, -0.2) is 0 Å². The largest absolute Gasteiger partial charge is 0.100 e. The Labute approximate surface area is 77.4 Å². The lowest BCUT2D eigenvalue weighted by atomic mass is 9.99. The van der Waals surface area contributed by atoms with E-state index in [4.69, 9.17) is 0 Å². The molecule has 70 valence electrons. The fourth-order valence-corrected chi connectivity index (χ4v) is 1.24. The zero-order valence-electron chi connectivity index (χ0n) is 8.77. The van der Waals surface area contributed by atoms with Crippen LogP contribution in [0.15, 0.2) is 24.3 Å². The predicted molar refractivity (Wildman–Crippen MR) is 57.3 cm³/mol. The van der Waals surface area contributed by atoms with E-state index < -0.39 is 0 Å². The second kappa shape index (κ2) is 7.15. The fraction of sp³-hybridized carbons (Fsp3) is 0.667. The molecular formula is C12H22. The minimum absolute atomic E-state index is 0.834. The zero-order valence-corrected chi connectivity index (χ0v) is 8.77. The van der Waals surface area contributed by atoms with Crippen LogP contribution in [0, 0.1) is 5.92 Å². The highest BCUT2D eigenvalue weighted by Crippen LogP contribution is 2.14. The molecular weight excluding hydrogens is 144 g/mol. The first kappa shape index (κ1) is 11.5. The molecule has 0 saturated carbocycles. The molecule has 0 nitrogen and oxygen atoms in total. The maximum atomic E-state index is 3.90. The van der Waals surface area contributed by atoms with Crippen molar-refractivity contribution in [2.45, 2.75) is 46.5 Å². The van der Waals surface area contributed by atoms with Crippen LogP contribution in [0.3, 0.4) is 0 Å².